The van der Waals surface area contributed by atoms with Gasteiger partial charge < -0.3 is 23.8 Å². The first-order chi connectivity index (χ1) is 29.1. The van der Waals surface area contributed by atoms with Crippen LogP contribution in [0.1, 0.15) is 213 Å². The minimum atomic E-state index is -0.882. The molecule has 0 aliphatic rings. The Kier molecular flexibility index (Phi) is 41.0. The average Bonchev–Trinajstić information content (AvgIpc) is 3.21. The number of hydrogen-bond acceptors (Lipinski definition) is 6. The van der Waals surface area contributed by atoms with E-state index < -0.39 is 18.1 Å². The lowest BCUT2D eigenvalue weighted by atomic mass is 10.0. The lowest BCUT2D eigenvalue weighted by Gasteiger charge is -2.31. The number of carbonyl (C=O) groups is 3. The maximum absolute atomic E-state index is 12.7. The molecule has 60 heavy (non-hydrogen) atoms. The number of carbonyl (C=O) groups excluding carboxylic acids is 2. The molecule has 0 aliphatic carbocycles. The first-order valence-corrected chi connectivity index (χ1v) is 24.7. The topological polar surface area (TPSA) is 99.1 Å². The second-order valence-corrected chi connectivity index (χ2v) is 17.7. The number of esters is 2. The average molecular weight is 845 g/mol. The molecule has 0 aliphatic heterocycles. The minimum absolute atomic E-state index is 0.0406. The maximum atomic E-state index is 12.7. The van der Waals surface area contributed by atoms with Crippen LogP contribution < -0.4 is 0 Å². The van der Waals surface area contributed by atoms with Crippen molar-refractivity contribution in [3.05, 3.63) is 48.6 Å². The smallest absolute Gasteiger partial charge is 0.362 e. The third kappa shape index (κ3) is 40.7. The monoisotopic (exact) mass is 845 g/mol. The molecule has 0 radical (unpaired) electrons. The lowest BCUT2D eigenvalue weighted by molar-refractivity contribution is -0.887. The second kappa shape index (κ2) is 43.0. The van der Waals surface area contributed by atoms with Gasteiger partial charge in [-0.3, -0.25) is 9.59 Å². The van der Waals surface area contributed by atoms with Gasteiger partial charge in [0.1, 0.15) is 6.61 Å². The first-order valence-electron chi connectivity index (χ1n) is 24.7. The fourth-order valence-corrected chi connectivity index (χ4v) is 7.14. The number of quaternary nitrogens is 1. The van der Waals surface area contributed by atoms with Crippen LogP contribution >= 0.6 is 0 Å². The van der Waals surface area contributed by atoms with E-state index in [9.17, 15) is 19.5 Å². The van der Waals surface area contributed by atoms with E-state index in [1.165, 1.54) is 128 Å². The quantitative estimate of drug-likeness (QED) is 0.0282. The van der Waals surface area contributed by atoms with Gasteiger partial charge in [0, 0.05) is 19.3 Å². The van der Waals surface area contributed by atoms with Crippen LogP contribution in [0.2, 0.25) is 0 Å². The molecule has 0 heterocycles. The Balaban J connectivity index is 4.33. The molecule has 8 heteroatoms. The van der Waals surface area contributed by atoms with Crippen molar-refractivity contribution in [1.29, 1.82) is 0 Å². The zero-order valence-corrected chi connectivity index (χ0v) is 39.7. The molecule has 2 atom stereocenters. The molecule has 0 aromatic heterocycles. The van der Waals surface area contributed by atoms with E-state index in [4.69, 9.17) is 14.2 Å². The first kappa shape index (κ1) is 57.3. The molecule has 0 saturated heterocycles. The van der Waals surface area contributed by atoms with Crippen molar-refractivity contribution in [2.24, 2.45) is 0 Å². The van der Waals surface area contributed by atoms with Gasteiger partial charge in [-0.15, -0.1) is 0 Å². The van der Waals surface area contributed by atoms with E-state index in [1.807, 2.05) is 21.1 Å². The fourth-order valence-electron chi connectivity index (χ4n) is 7.14. The molecule has 8 nitrogen and oxygen atoms in total. The van der Waals surface area contributed by atoms with Gasteiger partial charge in [0.2, 0.25) is 0 Å². The van der Waals surface area contributed by atoms with Crippen molar-refractivity contribution in [3.63, 3.8) is 0 Å². The van der Waals surface area contributed by atoms with Crippen LogP contribution in [0.3, 0.4) is 0 Å². The maximum Gasteiger partial charge on any atom is 0.362 e. The van der Waals surface area contributed by atoms with Gasteiger partial charge in [0.25, 0.3) is 0 Å². The highest BCUT2D eigenvalue weighted by Crippen LogP contribution is 2.16. The predicted molar refractivity (Wildman–Crippen MR) is 252 cm³/mol. The van der Waals surface area contributed by atoms with Gasteiger partial charge in [-0.2, -0.15) is 0 Å². The third-order valence-electron chi connectivity index (χ3n) is 11.0. The number of unbranched alkanes of at least 4 members (excludes halogenated alkanes) is 22. The summed E-state index contributed by atoms with van der Waals surface area (Å²) in [6.45, 7) is 4.67. The summed E-state index contributed by atoms with van der Waals surface area (Å²) in [4.78, 5) is 37.1. The molecule has 0 rings (SSSR count). The molecule has 0 amide bonds. The summed E-state index contributed by atoms with van der Waals surface area (Å²) in [6, 6.07) is -0.624. The van der Waals surface area contributed by atoms with Crippen LogP contribution in [-0.2, 0) is 28.6 Å². The molecule has 0 aromatic carbocycles. The number of allylic oxidation sites excluding steroid dienone is 8. The second-order valence-electron chi connectivity index (χ2n) is 17.7. The van der Waals surface area contributed by atoms with Gasteiger partial charge in [0.05, 0.1) is 34.4 Å². The SMILES string of the molecule is CCCCC/C=C/C/C=C/C/C=C/C/C=C/CCCC(=O)OC(COCCC(C(=O)O)[N+](C)(C)C)COC(=O)CCCCCCCCCCCCCCCCCCCCC. The van der Waals surface area contributed by atoms with E-state index in [0.29, 0.717) is 19.3 Å². The van der Waals surface area contributed by atoms with Crippen LogP contribution in [0.5, 0.6) is 0 Å². The summed E-state index contributed by atoms with van der Waals surface area (Å²) in [7, 11) is 5.51. The third-order valence-corrected chi connectivity index (χ3v) is 11.0. The van der Waals surface area contributed by atoms with E-state index in [1.54, 1.807) is 0 Å². The van der Waals surface area contributed by atoms with Crippen molar-refractivity contribution in [2.75, 3.05) is 41.0 Å². The molecule has 0 bridgehead atoms. The highest BCUT2D eigenvalue weighted by atomic mass is 16.6. The highest BCUT2D eigenvalue weighted by molar-refractivity contribution is 5.72. The number of rotatable bonds is 44. The van der Waals surface area contributed by atoms with E-state index in [-0.39, 0.29) is 42.7 Å². The normalized spacial score (nSPS) is 13.3. The van der Waals surface area contributed by atoms with Crippen molar-refractivity contribution in [2.45, 2.75) is 225 Å². The number of aliphatic carboxylic acids is 1. The van der Waals surface area contributed by atoms with Crippen LogP contribution in [0, 0.1) is 0 Å². The Morgan fingerprint density at radius 2 is 0.900 bits per heavy atom. The Labute approximate surface area is 369 Å². The van der Waals surface area contributed by atoms with Gasteiger partial charge in [-0.25, -0.2) is 4.79 Å². The standard InChI is InChI=1S/C52H93NO7/c1-6-8-10-12-14-16-18-20-22-24-25-27-28-30-32-34-36-38-40-42-50(54)59-47-48(46-58-45-44-49(52(56)57)53(3,4)5)60-51(55)43-41-39-37-35-33-31-29-26-23-21-19-17-15-13-11-9-7-2/h15,17,21,23,29,31,35,37,48-49H,6-14,16,18-20,22,24-28,30,32-34,36,38-47H2,1-5H3/p+1/b17-15+,23-21+,31-29+,37-35+. The molecule has 0 saturated carbocycles. The Morgan fingerprint density at radius 1 is 0.500 bits per heavy atom. The highest BCUT2D eigenvalue weighted by Gasteiger charge is 2.31. The summed E-state index contributed by atoms with van der Waals surface area (Å²) in [5.41, 5.74) is 0. The Bertz CT molecular complexity index is 1120. The van der Waals surface area contributed by atoms with Crippen LogP contribution in [0.4, 0.5) is 0 Å². The Hall–Kier alpha value is -2.71. The number of hydrogen-bond donors (Lipinski definition) is 1. The fraction of sp³-hybridized carbons (Fsp3) is 0.788. The van der Waals surface area contributed by atoms with Gasteiger partial charge in [-0.1, -0.05) is 191 Å². The van der Waals surface area contributed by atoms with Crippen molar-refractivity contribution >= 4 is 17.9 Å². The Morgan fingerprint density at radius 3 is 1.35 bits per heavy atom. The number of carboxylic acids is 1. The van der Waals surface area contributed by atoms with E-state index in [0.717, 1.165) is 44.9 Å². The summed E-state index contributed by atoms with van der Waals surface area (Å²) in [6.07, 6.45) is 51.7. The predicted octanol–water partition coefficient (Wildman–Crippen LogP) is 14.0. The number of likely N-dealkylation sites (N-methyl/N-ethyl adjacent to an activating group) is 1. The van der Waals surface area contributed by atoms with Crippen LogP contribution in [0.15, 0.2) is 48.6 Å². The van der Waals surface area contributed by atoms with Crippen molar-refractivity contribution in [3.8, 4) is 0 Å². The zero-order chi connectivity index (χ0) is 44.2. The van der Waals surface area contributed by atoms with Crippen molar-refractivity contribution in [1.82, 2.24) is 0 Å². The van der Waals surface area contributed by atoms with Crippen LogP contribution in [0.25, 0.3) is 0 Å². The van der Waals surface area contributed by atoms with Gasteiger partial charge >= 0.3 is 17.9 Å². The number of nitrogens with zero attached hydrogens (tertiary/aromatic N) is 1. The molecular weight excluding hydrogens is 751 g/mol. The number of carboxylic acid groups (broad SMARTS) is 1. The summed E-state index contributed by atoms with van der Waals surface area (Å²) in [5, 5.41) is 9.64. The van der Waals surface area contributed by atoms with E-state index >= 15 is 0 Å². The van der Waals surface area contributed by atoms with Gasteiger partial charge in [0.15, 0.2) is 12.1 Å². The molecule has 0 aromatic rings. The lowest BCUT2D eigenvalue weighted by Crippen LogP contribution is -2.50. The molecule has 0 fully saturated rings. The zero-order valence-electron chi connectivity index (χ0n) is 39.7. The molecular formula is C52H94NO7+. The van der Waals surface area contributed by atoms with Gasteiger partial charge in [-0.05, 0) is 51.4 Å². The summed E-state index contributed by atoms with van der Waals surface area (Å²) in [5.74, 6) is -1.53. The van der Waals surface area contributed by atoms with Crippen molar-refractivity contribution < 1.29 is 38.2 Å². The number of ether oxygens (including phenoxy) is 3. The minimum Gasteiger partial charge on any atom is -0.477 e. The largest absolute Gasteiger partial charge is 0.477 e. The summed E-state index contributed by atoms with van der Waals surface area (Å²) < 4.78 is 17.3. The van der Waals surface area contributed by atoms with E-state index in [2.05, 4.69) is 62.5 Å². The molecule has 348 valence electrons. The molecule has 0 spiro atoms. The molecule has 1 N–H and O–H groups in total. The van der Waals surface area contributed by atoms with Crippen LogP contribution in [-0.4, -0.2) is 80.6 Å². The summed E-state index contributed by atoms with van der Waals surface area (Å²) >= 11 is 0. The molecule has 2 unspecified atom stereocenters.